The number of hydrogen-bond donors (Lipinski definition) is 1. The van der Waals surface area contributed by atoms with Gasteiger partial charge < -0.3 is 28.8 Å². The zero-order valence-electron chi connectivity index (χ0n) is 12.8. The maximum absolute atomic E-state index is 11.3. The summed E-state index contributed by atoms with van der Waals surface area (Å²) < 4.78 is 24.6. The molecule has 0 amide bonds. The maximum atomic E-state index is 11.3. The van der Waals surface area contributed by atoms with E-state index in [-0.39, 0.29) is 13.1 Å². The Balaban J connectivity index is 3.04. The largest absolute Gasteiger partial charge is 0.463 e. The fourth-order valence-electron chi connectivity index (χ4n) is 2.10. The molecule has 130 valence electrons. The minimum Gasteiger partial charge on any atom is -0.463 e. The van der Waals surface area contributed by atoms with Gasteiger partial charge in [-0.1, -0.05) is 0 Å². The molecule has 1 rings (SSSR count). The van der Waals surface area contributed by atoms with E-state index in [4.69, 9.17) is 23.7 Å². The lowest BCUT2D eigenvalue weighted by Gasteiger charge is -2.42. The molecule has 1 N–H and O–H groups in total. The first-order chi connectivity index (χ1) is 10.8. The van der Waals surface area contributed by atoms with Crippen molar-refractivity contribution in [2.24, 2.45) is 0 Å². The van der Waals surface area contributed by atoms with Crippen LogP contribution in [0.15, 0.2) is 0 Å². The second-order valence-electron chi connectivity index (χ2n) is 4.71. The molecular weight excluding hydrogens is 316 g/mol. The number of esters is 3. The van der Waals surface area contributed by atoms with Crippen LogP contribution in [0.3, 0.4) is 0 Å². The van der Waals surface area contributed by atoms with Crippen molar-refractivity contribution in [2.75, 3.05) is 6.61 Å². The minimum atomic E-state index is -1.67. The number of rotatable bonds is 6. The van der Waals surface area contributed by atoms with Crippen molar-refractivity contribution in [3.8, 4) is 0 Å². The summed E-state index contributed by atoms with van der Waals surface area (Å²) >= 11 is 0. The fraction of sp³-hybridized carbons (Fsp3) is 0.692. The van der Waals surface area contributed by atoms with Crippen molar-refractivity contribution in [3.63, 3.8) is 0 Å². The van der Waals surface area contributed by atoms with Crippen molar-refractivity contribution >= 4 is 24.4 Å². The molecule has 0 spiro atoms. The smallest absolute Gasteiger partial charge is 0.303 e. The highest BCUT2D eigenvalue weighted by Gasteiger charge is 2.51. The van der Waals surface area contributed by atoms with E-state index in [0.717, 1.165) is 20.8 Å². The molecule has 23 heavy (non-hydrogen) atoms. The molecule has 0 aromatic carbocycles. The first-order valence-electron chi connectivity index (χ1n) is 6.66. The van der Waals surface area contributed by atoms with Crippen LogP contribution in [0.1, 0.15) is 20.8 Å². The topological polar surface area (TPSA) is 135 Å². The van der Waals surface area contributed by atoms with Gasteiger partial charge in [0.1, 0.15) is 12.7 Å². The van der Waals surface area contributed by atoms with Crippen LogP contribution in [0, 0.1) is 0 Å². The summed E-state index contributed by atoms with van der Waals surface area (Å²) in [5.41, 5.74) is 0. The zero-order valence-corrected chi connectivity index (χ0v) is 12.8. The Morgan fingerprint density at radius 3 is 2.04 bits per heavy atom. The Morgan fingerprint density at radius 2 is 1.57 bits per heavy atom. The molecule has 1 aliphatic rings. The quantitative estimate of drug-likeness (QED) is 0.353. The number of aliphatic hydroxyl groups is 1. The Hall–Kier alpha value is -2.20. The Bertz CT molecular complexity index is 462. The van der Waals surface area contributed by atoms with Crippen LogP contribution in [0.5, 0.6) is 0 Å². The van der Waals surface area contributed by atoms with E-state index < -0.39 is 48.6 Å². The number of hydrogen-bond acceptors (Lipinski definition) is 10. The number of carbonyl (C=O) groups is 4. The van der Waals surface area contributed by atoms with E-state index in [0.29, 0.717) is 0 Å². The predicted octanol–water partition coefficient (Wildman–Crippen LogP) is -1.33. The van der Waals surface area contributed by atoms with E-state index in [2.05, 4.69) is 0 Å². The summed E-state index contributed by atoms with van der Waals surface area (Å²) in [6.45, 7) is 3.03. The monoisotopic (exact) mass is 334 g/mol. The van der Waals surface area contributed by atoms with Crippen LogP contribution in [0.25, 0.3) is 0 Å². The third-order valence-corrected chi connectivity index (χ3v) is 2.88. The van der Waals surface area contributed by atoms with Gasteiger partial charge in [-0.3, -0.25) is 19.2 Å². The van der Waals surface area contributed by atoms with Crippen LogP contribution in [0.4, 0.5) is 0 Å². The van der Waals surface area contributed by atoms with Gasteiger partial charge >= 0.3 is 17.9 Å². The van der Waals surface area contributed by atoms with Crippen molar-refractivity contribution in [3.05, 3.63) is 0 Å². The molecule has 0 aromatic heterocycles. The second-order valence-corrected chi connectivity index (χ2v) is 4.71. The molecule has 5 atom stereocenters. The number of aliphatic hydroxyl groups excluding tert-OH is 1. The van der Waals surface area contributed by atoms with Crippen LogP contribution < -0.4 is 0 Å². The van der Waals surface area contributed by atoms with Crippen LogP contribution in [0.2, 0.25) is 0 Å². The van der Waals surface area contributed by atoms with Gasteiger partial charge in [0.05, 0.1) is 0 Å². The van der Waals surface area contributed by atoms with Crippen molar-refractivity contribution in [2.45, 2.75) is 51.5 Å². The Kier molecular flexibility index (Phi) is 6.91. The summed E-state index contributed by atoms with van der Waals surface area (Å²) in [6.07, 6.45) is -6.77. The average Bonchev–Trinajstić information content (AvgIpc) is 2.43. The summed E-state index contributed by atoms with van der Waals surface area (Å²) in [5.74, 6) is -2.15. The average molecular weight is 334 g/mol. The predicted molar refractivity (Wildman–Crippen MR) is 69.6 cm³/mol. The summed E-state index contributed by atoms with van der Waals surface area (Å²) in [5, 5.41) is 9.95. The summed E-state index contributed by atoms with van der Waals surface area (Å²) in [4.78, 5) is 44.0. The number of carbonyl (C=O) groups excluding carboxylic acids is 4. The molecule has 1 heterocycles. The molecular formula is C13H18O10. The highest BCUT2D eigenvalue weighted by atomic mass is 16.7. The molecule has 10 nitrogen and oxygen atoms in total. The second kappa shape index (κ2) is 8.44. The highest BCUT2D eigenvalue weighted by molar-refractivity contribution is 5.67. The van der Waals surface area contributed by atoms with E-state index >= 15 is 0 Å². The van der Waals surface area contributed by atoms with E-state index in [1.807, 2.05) is 0 Å². The SMILES string of the molecule is CC(=O)OC[C@H]1OC(O)[C@H](OC(C)=O)[C@@H](OC(C)=O)[C@@H]1OC=O. The minimum absolute atomic E-state index is 0.0772. The maximum Gasteiger partial charge on any atom is 0.303 e. The van der Waals surface area contributed by atoms with Gasteiger partial charge in [0.15, 0.2) is 24.6 Å². The highest BCUT2D eigenvalue weighted by Crippen LogP contribution is 2.27. The normalized spacial score (nSPS) is 30.0. The van der Waals surface area contributed by atoms with Gasteiger partial charge in [-0.2, -0.15) is 0 Å². The van der Waals surface area contributed by atoms with E-state index in [1.54, 1.807) is 0 Å². The number of ether oxygens (including phenoxy) is 5. The fourth-order valence-corrected chi connectivity index (χ4v) is 2.10. The summed E-state index contributed by atoms with van der Waals surface area (Å²) in [6, 6.07) is 0. The Labute approximate surface area is 131 Å². The third kappa shape index (κ3) is 5.49. The first kappa shape index (κ1) is 18.8. The van der Waals surface area contributed by atoms with Gasteiger partial charge in [-0.05, 0) is 0 Å². The zero-order chi connectivity index (χ0) is 17.6. The molecule has 1 aliphatic heterocycles. The molecule has 0 aromatic rings. The van der Waals surface area contributed by atoms with Crippen molar-refractivity contribution in [1.82, 2.24) is 0 Å². The molecule has 0 saturated carbocycles. The van der Waals surface area contributed by atoms with Crippen LogP contribution in [-0.2, 0) is 42.9 Å². The molecule has 0 aliphatic carbocycles. The lowest BCUT2D eigenvalue weighted by molar-refractivity contribution is -0.294. The van der Waals surface area contributed by atoms with Crippen molar-refractivity contribution in [1.29, 1.82) is 0 Å². The lowest BCUT2D eigenvalue weighted by atomic mass is 9.98. The summed E-state index contributed by atoms with van der Waals surface area (Å²) in [7, 11) is 0. The lowest BCUT2D eigenvalue weighted by Crippen LogP contribution is -2.62. The first-order valence-corrected chi connectivity index (χ1v) is 6.66. The standard InChI is InChI=1S/C13H18O10/c1-6(15)19-4-9-10(20-5-14)11(21-7(2)16)12(13(18)23-9)22-8(3)17/h5,9-13,18H,4H2,1-3H3/t9-,10-,11+,12-,13?/m1/s1. The molecule has 1 unspecified atom stereocenters. The van der Waals surface area contributed by atoms with Gasteiger partial charge in [-0.25, -0.2) is 0 Å². The third-order valence-electron chi connectivity index (χ3n) is 2.88. The van der Waals surface area contributed by atoms with Gasteiger partial charge in [0.25, 0.3) is 6.47 Å². The van der Waals surface area contributed by atoms with E-state index in [1.165, 1.54) is 0 Å². The molecule has 0 bridgehead atoms. The van der Waals surface area contributed by atoms with Gasteiger partial charge in [0, 0.05) is 20.8 Å². The van der Waals surface area contributed by atoms with Gasteiger partial charge in [0.2, 0.25) is 0 Å². The molecule has 0 radical (unpaired) electrons. The van der Waals surface area contributed by atoms with Gasteiger partial charge in [-0.15, -0.1) is 0 Å². The van der Waals surface area contributed by atoms with Crippen LogP contribution >= 0.6 is 0 Å². The molecule has 10 heteroatoms. The molecule has 1 saturated heterocycles. The van der Waals surface area contributed by atoms with Crippen LogP contribution in [-0.4, -0.2) is 66.8 Å². The molecule has 1 fully saturated rings. The van der Waals surface area contributed by atoms with Crippen molar-refractivity contribution < 1.29 is 48.0 Å². The Morgan fingerprint density at radius 1 is 1.00 bits per heavy atom. The van der Waals surface area contributed by atoms with E-state index in [9.17, 15) is 24.3 Å².